The number of imidazole rings is 1. The third kappa shape index (κ3) is 4.72. The van der Waals surface area contributed by atoms with E-state index in [1.165, 1.54) is 0 Å². The lowest BCUT2D eigenvalue weighted by molar-refractivity contribution is 0.308. The van der Waals surface area contributed by atoms with Gasteiger partial charge < -0.3 is 10.3 Å². The van der Waals surface area contributed by atoms with Crippen LogP contribution in [0.3, 0.4) is 0 Å². The van der Waals surface area contributed by atoms with Crippen molar-refractivity contribution in [2.24, 2.45) is 12.8 Å². The Hall–Kier alpha value is -0.940. The molecule has 0 aliphatic carbocycles. The zero-order valence-corrected chi connectivity index (χ0v) is 10.8. The van der Waals surface area contributed by atoms with E-state index in [0.29, 0.717) is 4.99 Å². The first-order valence-electron chi connectivity index (χ1n) is 5.52. The van der Waals surface area contributed by atoms with Gasteiger partial charge in [0.15, 0.2) is 0 Å². The summed E-state index contributed by atoms with van der Waals surface area (Å²) in [6, 6.07) is 0. The van der Waals surface area contributed by atoms with E-state index in [1.807, 2.05) is 24.0 Å². The average molecular weight is 240 g/mol. The van der Waals surface area contributed by atoms with Crippen molar-refractivity contribution in [2.45, 2.75) is 25.8 Å². The van der Waals surface area contributed by atoms with E-state index >= 15 is 0 Å². The van der Waals surface area contributed by atoms with Gasteiger partial charge in [-0.05, 0) is 32.9 Å². The predicted octanol–water partition coefficient (Wildman–Crippen LogP) is 1.31. The number of unbranched alkanes of at least 4 members (excludes halogenated alkanes) is 1. The smallest absolute Gasteiger partial charge is 0.122 e. The van der Waals surface area contributed by atoms with E-state index in [9.17, 15) is 0 Å². The molecule has 1 aromatic heterocycles. The second-order valence-corrected chi connectivity index (χ2v) is 4.64. The molecule has 1 aromatic rings. The zero-order chi connectivity index (χ0) is 12.0. The molecule has 0 saturated heterocycles. The third-order valence-electron chi connectivity index (χ3n) is 2.55. The van der Waals surface area contributed by atoms with E-state index in [2.05, 4.69) is 16.9 Å². The predicted molar refractivity (Wildman–Crippen MR) is 70.2 cm³/mol. The number of rotatable bonds is 7. The topological polar surface area (TPSA) is 47.1 Å². The van der Waals surface area contributed by atoms with Gasteiger partial charge in [-0.15, -0.1) is 0 Å². The molecule has 0 aromatic carbocycles. The van der Waals surface area contributed by atoms with Crippen molar-refractivity contribution in [3.8, 4) is 0 Å². The largest absolute Gasteiger partial charge is 0.393 e. The van der Waals surface area contributed by atoms with Crippen molar-refractivity contribution in [3.63, 3.8) is 0 Å². The quantitative estimate of drug-likeness (QED) is 0.576. The Labute approximate surface area is 102 Å². The van der Waals surface area contributed by atoms with Gasteiger partial charge in [-0.3, -0.25) is 4.90 Å². The normalized spacial score (nSPS) is 10.9. The molecule has 16 heavy (non-hydrogen) atoms. The maximum atomic E-state index is 5.44. The van der Waals surface area contributed by atoms with Crippen molar-refractivity contribution >= 4 is 17.2 Å². The summed E-state index contributed by atoms with van der Waals surface area (Å²) in [5.74, 6) is 1.09. The lowest BCUT2D eigenvalue weighted by Crippen LogP contribution is -2.21. The van der Waals surface area contributed by atoms with Crippen molar-refractivity contribution in [1.82, 2.24) is 14.5 Å². The van der Waals surface area contributed by atoms with Gasteiger partial charge in [0.05, 0.1) is 11.5 Å². The minimum absolute atomic E-state index is 0.617. The molecule has 2 N–H and O–H groups in total. The van der Waals surface area contributed by atoms with Crippen molar-refractivity contribution in [3.05, 3.63) is 18.2 Å². The Morgan fingerprint density at radius 2 is 2.31 bits per heavy atom. The first-order valence-corrected chi connectivity index (χ1v) is 5.93. The number of thiocarbonyl (C=S) groups is 1. The lowest BCUT2D eigenvalue weighted by atomic mass is 10.2. The van der Waals surface area contributed by atoms with Crippen LogP contribution < -0.4 is 5.73 Å². The highest BCUT2D eigenvalue weighted by atomic mass is 32.1. The van der Waals surface area contributed by atoms with Gasteiger partial charge >= 0.3 is 0 Å². The van der Waals surface area contributed by atoms with Crippen LogP contribution >= 0.6 is 12.2 Å². The van der Waals surface area contributed by atoms with E-state index in [4.69, 9.17) is 18.0 Å². The fourth-order valence-electron chi connectivity index (χ4n) is 1.55. The van der Waals surface area contributed by atoms with Crippen LogP contribution in [-0.2, 0) is 13.6 Å². The minimum Gasteiger partial charge on any atom is -0.393 e. The summed E-state index contributed by atoms with van der Waals surface area (Å²) in [5, 5.41) is 0. The second-order valence-electron chi connectivity index (χ2n) is 4.12. The molecule has 4 nitrogen and oxygen atoms in total. The van der Waals surface area contributed by atoms with Crippen LogP contribution in [0.15, 0.2) is 12.4 Å². The molecular weight excluding hydrogens is 220 g/mol. The highest BCUT2D eigenvalue weighted by molar-refractivity contribution is 7.80. The summed E-state index contributed by atoms with van der Waals surface area (Å²) in [4.78, 5) is 7.18. The van der Waals surface area contributed by atoms with Gasteiger partial charge in [-0.2, -0.15) is 0 Å². The number of aryl methyl sites for hydroxylation is 1. The van der Waals surface area contributed by atoms with Gasteiger partial charge in [-0.25, -0.2) is 4.98 Å². The number of hydrogen-bond acceptors (Lipinski definition) is 3. The monoisotopic (exact) mass is 240 g/mol. The summed E-state index contributed by atoms with van der Waals surface area (Å²) in [6.45, 7) is 1.94. The summed E-state index contributed by atoms with van der Waals surface area (Å²) >= 11 is 4.84. The molecule has 0 aliphatic rings. The summed E-state index contributed by atoms with van der Waals surface area (Å²) in [7, 11) is 4.12. The number of aromatic nitrogens is 2. The van der Waals surface area contributed by atoms with Crippen LogP contribution in [0, 0.1) is 0 Å². The second kappa shape index (κ2) is 6.60. The molecule has 0 saturated carbocycles. The standard InChI is InChI=1S/C11H20N4S/c1-14(7-4-3-5-10(12)16)9-11-13-6-8-15(11)2/h6,8H,3-5,7,9H2,1-2H3,(H2,12,16). The molecule has 0 atom stereocenters. The zero-order valence-electron chi connectivity index (χ0n) is 10.0. The highest BCUT2D eigenvalue weighted by Crippen LogP contribution is 2.02. The minimum atomic E-state index is 0.617. The molecule has 0 fully saturated rings. The summed E-state index contributed by atoms with van der Waals surface area (Å²) in [5.41, 5.74) is 5.44. The van der Waals surface area contributed by atoms with E-state index < -0.39 is 0 Å². The first kappa shape index (κ1) is 13.1. The van der Waals surface area contributed by atoms with Crippen LogP contribution in [0.25, 0.3) is 0 Å². The Bertz CT molecular complexity index is 334. The fourth-order valence-corrected chi connectivity index (χ4v) is 1.69. The lowest BCUT2D eigenvalue weighted by Gasteiger charge is -2.15. The van der Waals surface area contributed by atoms with Gasteiger partial charge in [-0.1, -0.05) is 12.2 Å². The summed E-state index contributed by atoms with van der Waals surface area (Å²) < 4.78 is 2.05. The SMILES string of the molecule is CN(CCCCC(N)=S)Cc1nccn1C. The Morgan fingerprint density at radius 1 is 1.56 bits per heavy atom. The number of hydrogen-bond donors (Lipinski definition) is 1. The molecule has 0 unspecified atom stereocenters. The molecule has 1 rings (SSSR count). The Kier molecular flexibility index (Phi) is 5.42. The Balaban J connectivity index is 2.19. The molecular formula is C11H20N4S. The average Bonchev–Trinajstić information content (AvgIpc) is 2.59. The summed E-state index contributed by atoms with van der Waals surface area (Å²) in [6.07, 6.45) is 6.84. The molecule has 0 bridgehead atoms. The number of nitrogens with zero attached hydrogens (tertiary/aromatic N) is 3. The van der Waals surface area contributed by atoms with E-state index in [-0.39, 0.29) is 0 Å². The van der Waals surface area contributed by atoms with Gasteiger partial charge in [0.25, 0.3) is 0 Å². The van der Waals surface area contributed by atoms with Crippen molar-refractivity contribution in [2.75, 3.05) is 13.6 Å². The molecule has 0 amide bonds. The van der Waals surface area contributed by atoms with E-state index in [0.717, 1.165) is 38.2 Å². The maximum absolute atomic E-state index is 5.44. The maximum Gasteiger partial charge on any atom is 0.122 e. The van der Waals surface area contributed by atoms with Gasteiger partial charge in [0.1, 0.15) is 5.82 Å². The Morgan fingerprint density at radius 3 is 2.88 bits per heavy atom. The van der Waals surface area contributed by atoms with Crippen LogP contribution in [0.5, 0.6) is 0 Å². The molecule has 90 valence electrons. The van der Waals surface area contributed by atoms with Crippen LogP contribution in [0.1, 0.15) is 25.1 Å². The van der Waals surface area contributed by atoms with Gasteiger partial charge in [0, 0.05) is 19.4 Å². The molecule has 0 aliphatic heterocycles. The van der Waals surface area contributed by atoms with Gasteiger partial charge in [0.2, 0.25) is 0 Å². The van der Waals surface area contributed by atoms with Crippen LogP contribution in [0.2, 0.25) is 0 Å². The van der Waals surface area contributed by atoms with Crippen molar-refractivity contribution in [1.29, 1.82) is 0 Å². The van der Waals surface area contributed by atoms with Crippen molar-refractivity contribution < 1.29 is 0 Å². The van der Waals surface area contributed by atoms with E-state index in [1.54, 1.807) is 0 Å². The first-order chi connectivity index (χ1) is 7.59. The fraction of sp³-hybridized carbons (Fsp3) is 0.636. The molecule has 0 spiro atoms. The molecule has 1 heterocycles. The number of nitrogens with two attached hydrogens (primary N) is 1. The molecule has 0 radical (unpaired) electrons. The highest BCUT2D eigenvalue weighted by Gasteiger charge is 2.03. The van der Waals surface area contributed by atoms with Crippen LogP contribution in [0.4, 0.5) is 0 Å². The molecule has 5 heteroatoms. The third-order valence-corrected chi connectivity index (χ3v) is 2.75. The van der Waals surface area contributed by atoms with Crippen LogP contribution in [-0.4, -0.2) is 33.0 Å².